The molecule has 1 aliphatic heterocycles. The van der Waals surface area contributed by atoms with Gasteiger partial charge in [-0.25, -0.2) is 4.98 Å². The Kier molecular flexibility index (Phi) is 3.45. The molecular formula is C12H15N3O3. The molecule has 1 fully saturated rings. The quantitative estimate of drug-likeness (QED) is 0.814. The first-order chi connectivity index (χ1) is 8.61. The Morgan fingerprint density at radius 3 is 2.89 bits per heavy atom. The molecule has 0 radical (unpaired) electrons. The molecule has 2 amide bonds. The second-order valence-electron chi connectivity index (χ2n) is 4.12. The lowest BCUT2D eigenvalue weighted by atomic mass is 10.1. The van der Waals surface area contributed by atoms with E-state index in [0.29, 0.717) is 12.4 Å². The van der Waals surface area contributed by atoms with Gasteiger partial charge in [0.1, 0.15) is 6.04 Å². The van der Waals surface area contributed by atoms with Gasteiger partial charge in [0.25, 0.3) is 0 Å². The number of hydrogen-bond donors (Lipinski definition) is 1. The van der Waals surface area contributed by atoms with E-state index in [1.165, 1.54) is 0 Å². The molecule has 2 heterocycles. The van der Waals surface area contributed by atoms with Gasteiger partial charge >= 0.3 is 0 Å². The van der Waals surface area contributed by atoms with E-state index in [1.54, 1.807) is 31.2 Å². The lowest BCUT2D eigenvalue weighted by molar-refractivity contribution is -0.145. The Bertz CT molecular complexity index is 458. The molecule has 1 atom stereocenters. The summed E-state index contributed by atoms with van der Waals surface area (Å²) in [7, 11) is 1.54. The number of methoxy groups -OCH3 is 1. The van der Waals surface area contributed by atoms with Crippen LogP contribution in [0.3, 0.4) is 0 Å². The molecule has 1 aromatic heterocycles. The van der Waals surface area contributed by atoms with Gasteiger partial charge in [-0.3, -0.25) is 9.59 Å². The number of piperazine rings is 1. The number of nitrogens with zero attached hydrogens (tertiary/aromatic N) is 2. The van der Waals surface area contributed by atoms with E-state index in [-0.39, 0.29) is 18.4 Å². The van der Waals surface area contributed by atoms with Crippen molar-refractivity contribution in [2.45, 2.75) is 19.5 Å². The molecular weight excluding hydrogens is 234 g/mol. The fourth-order valence-corrected chi connectivity index (χ4v) is 1.82. The summed E-state index contributed by atoms with van der Waals surface area (Å²) in [4.78, 5) is 28.9. The fraction of sp³-hybridized carbons (Fsp3) is 0.417. The van der Waals surface area contributed by atoms with E-state index in [9.17, 15) is 9.59 Å². The summed E-state index contributed by atoms with van der Waals surface area (Å²) in [5.74, 6) is 0.309. The van der Waals surface area contributed by atoms with E-state index >= 15 is 0 Å². The highest BCUT2D eigenvalue weighted by Crippen LogP contribution is 2.13. The smallest absolute Gasteiger partial charge is 0.242 e. The van der Waals surface area contributed by atoms with Crippen LogP contribution in [0.1, 0.15) is 12.5 Å². The summed E-state index contributed by atoms with van der Waals surface area (Å²) in [5, 5.41) is 2.55. The van der Waals surface area contributed by atoms with Gasteiger partial charge in [-0.15, -0.1) is 0 Å². The minimum atomic E-state index is -0.451. The summed E-state index contributed by atoms with van der Waals surface area (Å²) >= 11 is 0. The maximum absolute atomic E-state index is 11.7. The molecule has 1 unspecified atom stereocenters. The Morgan fingerprint density at radius 2 is 2.28 bits per heavy atom. The van der Waals surface area contributed by atoms with Crippen LogP contribution in [0.25, 0.3) is 0 Å². The molecule has 96 valence electrons. The van der Waals surface area contributed by atoms with Gasteiger partial charge in [0.05, 0.1) is 13.7 Å². The van der Waals surface area contributed by atoms with Gasteiger partial charge in [-0.1, -0.05) is 6.07 Å². The highest BCUT2D eigenvalue weighted by atomic mass is 16.5. The normalized spacial score (nSPS) is 19.7. The number of aromatic nitrogens is 1. The van der Waals surface area contributed by atoms with Gasteiger partial charge in [0.2, 0.25) is 17.7 Å². The number of pyridine rings is 1. The molecule has 6 heteroatoms. The third-order valence-corrected chi connectivity index (χ3v) is 2.94. The number of hydrogen-bond acceptors (Lipinski definition) is 4. The predicted molar refractivity (Wildman–Crippen MR) is 63.8 cm³/mol. The van der Waals surface area contributed by atoms with Gasteiger partial charge in [0, 0.05) is 18.8 Å². The van der Waals surface area contributed by atoms with Crippen LogP contribution >= 0.6 is 0 Å². The van der Waals surface area contributed by atoms with Crippen molar-refractivity contribution >= 4 is 11.8 Å². The fourth-order valence-electron chi connectivity index (χ4n) is 1.82. The molecule has 0 bridgehead atoms. The molecule has 1 aromatic rings. The third kappa shape index (κ3) is 2.42. The maximum Gasteiger partial charge on any atom is 0.242 e. The average Bonchev–Trinajstić information content (AvgIpc) is 2.40. The van der Waals surface area contributed by atoms with Crippen molar-refractivity contribution in [1.82, 2.24) is 15.2 Å². The molecule has 1 aliphatic rings. The summed E-state index contributed by atoms with van der Waals surface area (Å²) in [6.07, 6.45) is 1.64. The SMILES string of the molecule is COc1ccc(CN2C(=O)CNC(=O)C2C)cn1. The van der Waals surface area contributed by atoms with Crippen LogP contribution < -0.4 is 10.1 Å². The van der Waals surface area contributed by atoms with Crippen LogP contribution in [0.4, 0.5) is 0 Å². The largest absolute Gasteiger partial charge is 0.481 e. The zero-order chi connectivity index (χ0) is 13.1. The van der Waals surface area contributed by atoms with Crippen molar-refractivity contribution < 1.29 is 14.3 Å². The summed E-state index contributed by atoms with van der Waals surface area (Å²) in [6.45, 7) is 2.15. The Morgan fingerprint density at radius 1 is 1.50 bits per heavy atom. The number of ether oxygens (including phenoxy) is 1. The van der Waals surface area contributed by atoms with E-state index in [1.807, 2.05) is 6.07 Å². The van der Waals surface area contributed by atoms with E-state index in [4.69, 9.17) is 4.74 Å². The molecule has 0 aliphatic carbocycles. The van der Waals surface area contributed by atoms with Crippen molar-refractivity contribution in [2.75, 3.05) is 13.7 Å². The second kappa shape index (κ2) is 5.03. The van der Waals surface area contributed by atoms with Gasteiger partial charge in [-0.05, 0) is 12.5 Å². The number of amides is 2. The number of nitrogens with one attached hydrogen (secondary N) is 1. The van der Waals surface area contributed by atoms with Crippen LogP contribution in [0.5, 0.6) is 5.88 Å². The highest BCUT2D eigenvalue weighted by molar-refractivity contribution is 5.94. The summed E-state index contributed by atoms with van der Waals surface area (Å²) in [6, 6.07) is 3.11. The van der Waals surface area contributed by atoms with E-state index in [2.05, 4.69) is 10.3 Å². The van der Waals surface area contributed by atoms with Crippen LogP contribution in [-0.4, -0.2) is 41.4 Å². The minimum Gasteiger partial charge on any atom is -0.481 e. The van der Waals surface area contributed by atoms with Gasteiger partial charge in [0.15, 0.2) is 0 Å². The molecule has 0 spiro atoms. The summed E-state index contributed by atoms with van der Waals surface area (Å²) < 4.78 is 4.96. The Labute approximate surface area is 105 Å². The first kappa shape index (κ1) is 12.3. The van der Waals surface area contributed by atoms with E-state index < -0.39 is 6.04 Å². The van der Waals surface area contributed by atoms with Crippen LogP contribution in [0.15, 0.2) is 18.3 Å². The van der Waals surface area contributed by atoms with Crippen molar-refractivity contribution in [1.29, 1.82) is 0 Å². The first-order valence-electron chi connectivity index (χ1n) is 5.68. The lowest BCUT2D eigenvalue weighted by Gasteiger charge is -2.32. The van der Waals surface area contributed by atoms with Crippen molar-refractivity contribution in [2.24, 2.45) is 0 Å². The molecule has 6 nitrogen and oxygen atoms in total. The predicted octanol–water partition coefficient (Wildman–Crippen LogP) is -0.0629. The minimum absolute atomic E-state index is 0.0623. The maximum atomic E-state index is 11.7. The van der Waals surface area contributed by atoms with Crippen molar-refractivity contribution in [3.05, 3.63) is 23.9 Å². The molecule has 1 saturated heterocycles. The van der Waals surface area contributed by atoms with Crippen molar-refractivity contribution in [3.8, 4) is 5.88 Å². The molecule has 0 saturated carbocycles. The highest BCUT2D eigenvalue weighted by Gasteiger charge is 2.30. The van der Waals surface area contributed by atoms with Crippen LogP contribution in [0, 0.1) is 0 Å². The standard InChI is InChI=1S/C12H15N3O3/c1-8-12(17)14-6-11(16)15(8)7-9-3-4-10(18-2)13-5-9/h3-5,8H,6-7H2,1-2H3,(H,14,17). The number of carbonyl (C=O) groups excluding carboxylic acids is 2. The molecule has 1 N–H and O–H groups in total. The number of rotatable bonds is 3. The van der Waals surface area contributed by atoms with Crippen LogP contribution in [0.2, 0.25) is 0 Å². The van der Waals surface area contributed by atoms with Crippen molar-refractivity contribution in [3.63, 3.8) is 0 Å². The second-order valence-corrected chi connectivity index (χ2v) is 4.12. The first-order valence-corrected chi connectivity index (χ1v) is 5.68. The Hall–Kier alpha value is -2.11. The zero-order valence-electron chi connectivity index (χ0n) is 10.3. The number of carbonyl (C=O) groups is 2. The molecule has 2 rings (SSSR count). The van der Waals surface area contributed by atoms with E-state index in [0.717, 1.165) is 5.56 Å². The zero-order valence-corrected chi connectivity index (χ0v) is 10.3. The van der Waals surface area contributed by atoms with Gasteiger partial charge in [-0.2, -0.15) is 0 Å². The summed E-state index contributed by atoms with van der Waals surface area (Å²) in [5.41, 5.74) is 0.866. The molecule has 0 aromatic carbocycles. The third-order valence-electron chi connectivity index (χ3n) is 2.94. The topological polar surface area (TPSA) is 71.5 Å². The molecule has 18 heavy (non-hydrogen) atoms. The van der Waals surface area contributed by atoms with Gasteiger partial charge < -0.3 is 15.0 Å². The Balaban J connectivity index is 2.11. The van der Waals surface area contributed by atoms with Crippen LogP contribution in [-0.2, 0) is 16.1 Å². The average molecular weight is 249 g/mol. The monoisotopic (exact) mass is 249 g/mol. The lowest BCUT2D eigenvalue weighted by Crippen LogP contribution is -2.56.